The third-order valence-electron chi connectivity index (χ3n) is 4.76. The molecule has 0 saturated carbocycles. The van der Waals surface area contributed by atoms with Gasteiger partial charge < -0.3 is 11.1 Å². The van der Waals surface area contributed by atoms with Crippen molar-refractivity contribution in [1.82, 2.24) is 4.90 Å². The molecule has 0 aromatic carbocycles. The van der Waals surface area contributed by atoms with Crippen molar-refractivity contribution in [2.75, 3.05) is 5.32 Å². The number of carbonyl (C=O) groups excluding carboxylic acids is 4. The van der Waals surface area contributed by atoms with E-state index in [0.29, 0.717) is 29.8 Å². The van der Waals surface area contributed by atoms with Crippen LogP contribution in [0.25, 0.3) is 0 Å². The summed E-state index contributed by atoms with van der Waals surface area (Å²) in [7, 11) is 0. The van der Waals surface area contributed by atoms with Gasteiger partial charge in [-0.3, -0.25) is 24.1 Å². The molecule has 152 valence electrons. The van der Waals surface area contributed by atoms with Crippen LogP contribution in [0.3, 0.4) is 0 Å². The lowest BCUT2D eigenvalue weighted by Gasteiger charge is -2.26. The Morgan fingerprint density at radius 2 is 1.79 bits per heavy atom. The van der Waals surface area contributed by atoms with E-state index in [1.165, 1.54) is 28.4 Å². The van der Waals surface area contributed by atoms with Crippen molar-refractivity contribution in [2.45, 2.75) is 64.8 Å². The monoisotopic (exact) mass is 405 g/mol. The van der Waals surface area contributed by atoms with Crippen molar-refractivity contribution in [3.8, 4) is 0 Å². The number of imide groups is 1. The van der Waals surface area contributed by atoms with Crippen molar-refractivity contribution in [2.24, 2.45) is 5.73 Å². The van der Waals surface area contributed by atoms with E-state index in [-0.39, 0.29) is 23.8 Å². The molecule has 1 aromatic heterocycles. The smallest absolute Gasteiger partial charge is 0.253 e. The number of unbranched alkanes of at least 4 members (excludes halogenated alkanes) is 2. The Morgan fingerprint density at radius 1 is 1.14 bits per heavy atom. The maximum atomic E-state index is 12.2. The number of anilines is 1. The average Bonchev–Trinajstić information content (AvgIpc) is 3.16. The Bertz CT molecular complexity index is 766. The van der Waals surface area contributed by atoms with Crippen molar-refractivity contribution in [3.05, 3.63) is 28.7 Å². The standard InChI is InChI=1S/C20H27N3O4S/c1-3-4-7-14(23-16(25)10-11-17(23)26)8-5-6-9-15(24)22-20-18(19(21)27)13(2)12-28-20/h10-12,14H,3-9H2,1-2H3,(H2,21,27)(H,22,24). The molecule has 0 aliphatic carbocycles. The van der Waals surface area contributed by atoms with Crippen LogP contribution in [0, 0.1) is 6.92 Å². The number of thiophene rings is 1. The van der Waals surface area contributed by atoms with E-state index in [1.54, 1.807) is 12.3 Å². The van der Waals surface area contributed by atoms with Gasteiger partial charge >= 0.3 is 0 Å². The van der Waals surface area contributed by atoms with E-state index < -0.39 is 5.91 Å². The summed E-state index contributed by atoms with van der Waals surface area (Å²) in [6.07, 6.45) is 7.67. The van der Waals surface area contributed by atoms with Crippen LogP contribution in [0.4, 0.5) is 5.00 Å². The molecule has 0 bridgehead atoms. The van der Waals surface area contributed by atoms with Gasteiger partial charge in [0.25, 0.3) is 17.7 Å². The van der Waals surface area contributed by atoms with Crippen LogP contribution < -0.4 is 11.1 Å². The molecule has 0 saturated heterocycles. The molecule has 28 heavy (non-hydrogen) atoms. The summed E-state index contributed by atoms with van der Waals surface area (Å²) in [6.45, 7) is 3.85. The molecule has 2 rings (SSSR count). The number of primary amides is 1. The molecule has 1 aliphatic heterocycles. The molecule has 0 fully saturated rings. The number of hydrogen-bond donors (Lipinski definition) is 2. The van der Waals surface area contributed by atoms with Crippen LogP contribution in [0.15, 0.2) is 17.5 Å². The van der Waals surface area contributed by atoms with Gasteiger partial charge in [-0.05, 0) is 37.1 Å². The Labute approximate surface area is 169 Å². The predicted octanol–water partition coefficient (Wildman–Crippen LogP) is 3.14. The topological polar surface area (TPSA) is 110 Å². The molecule has 3 N–H and O–H groups in total. The Hall–Kier alpha value is -2.48. The average molecular weight is 406 g/mol. The molecule has 1 atom stereocenters. The lowest BCUT2D eigenvalue weighted by Crippen LogP contribution is -2.40. The highest BCUT2D eigenvalue weighted by atomic mass is 32.1. The van der Waals surface area contributed by atoms with Gasteiger partial charge in [0, 0.05) is 24.6 Å². The van der Waals surface area contributed by atoms with E-state index in [9.17, 15) is 19.2 Å². The maximum Gasteiger partial charge on any atom is 0.253 e. The molecular weight excluding hydrogens is 378 g/mol. The van der Waals surface area contributed by atoms with Gasteiger partial charge in [0.2, 0.25) is 5.91 Å². The van der Waals surface area contributed by atoms with Crippen LogP contribution in [0.2, 0.25) is 0 Å². The molecule has 0 spiro atoms. The van der Waals surface area contributed by atoms with Gasteiger partial charge in [0.05, 0.1) is 5.56 Å². The molecule has 7 nitrogen and oxygen atoms in total. The third kappa shape index (κ3) is 5.51. The minimum atomic E-state index is -0.554. The zero-order valence-corrected chi connectivity index (χ0v) is 17.1. The molecule has 1 unspecified atom stereocenters. The number of carbonyl (C=O) groups is 4. The van der Waals surface area contributed by atoms with E-state index in [0.717, 1.165) is 31.2 Å². The number of nitrogens with two attached hydrogens (primary N) is 1. The van der Waals surface area contributed by atoms with Gasteiger partial charge in [-0.1, -0.05) is 26.2 Å². The molecule has 1 aliphatic rings. The number of nitrogens with one attached hydrogen (secondary N) is 1. The first-order valence-corrected chi connectivity index (χ1v) is 10.5. The van der Waals surface area contributed by atoms with Crippen molar-refractivity contribution in [1.29, 1.82) is 0 Å². The molecule has 8 heteroatoms. The van der Waals surface area contributed by atoms with Crippen LogP contribution in [-0.4, -0.2) is 34.6 Å². The summed E-state index contributed by atoms with van der Waals surface area (Å²) < 4.78 is 0. The summed E-state index contributed by atoms with van der Waals surface area (Å²) in [6, 6.07) is -0.126. The lowest BCUT2D eigenvalue weighted by molar-refractivity contribution is -0.140. The van der Waals surface area contributed by atoms with Crippen molar-refractivity contribution >= 4 is 40.0 Å². The Balaban J connectivity index is 1.82. The summed E-state index contributed by atoms with van der Waals surface area (Å²) in [5.74, 6) is -1.24. The Kier molecular flexibility index (Phi) is 7.92. The predicted molar refractivity (Wildman–Crippen MR) is 109 cm³/mol. The fourth-order valence-electron chi connectivity index (χ4n) is 3.31. The highest BCUT2D eigenvalue weighted by molar-refractivity contribution is 7.15. The fraction of sp³-hybridized carbons (Fsp3) is 0.500. The first-order chi connectivity index (χ1) is 13.3. The quantitative estimate of drug-likeness (QED) is 0.435. The van der Waals surface area contributed by atoms with Gasteiger partial charge in [0.1, 0.15) is 5.00 Å². The molecule has 0 radical (unpaired) electrons. The normalized spacial score (nSPS) is 14.6. The lowest BCUT2D eigenvalue weighted by atomic mass is 10.0. The van der Waals surface area contributed by atoms with Crippen LogP contribution in [-0.2, 0) is 14.4 Å². The maximum absolute atomic E-state index is 12.2. The van der Waals surface area contributed by atoms with E-state index in [2.05, 4.69) is 12.2 Å². The van der Waals surface area contributed by atoms with E-state index in [1.807, 2.05) is 0 Å². The highest BCUT2D eigenvalue weighted by Crippen LogP contribution is 2.27. The van der Waals surface area contributed by atoms with Crippen LogP contribution in [0.1, 0.15) is 67.8 Å². The fourth-order valence-corrected chi connectivity index (χ4v) is 4.28. The summed E-state index contributed by atoms with van der Waals surface area (Å²) in [4.78, 5) is 48.9. The zero-order chi connectivity index (χ0) is 20.7. The highest BCUT2D eigenvalue weighted by Gasteiger charge is 2.30. The summed E-state index contributed by atoms with van der Waals surface area (Å²) in [5.41, 5.74) is 6.47. The molecule has 2 heterocycles. The van der Waals surface area contributed by atoms with Crippen LogP contribution in [0.5, 0.6) is 0 Å². The molecule has 1 aromatic rings. The van der Waals surface area contributed by atoms with Gasteiger partial charge in [-0.2, -0.15) is 0 Å². The minimum Gasteiger partial charge on any atom is -0.365 e. The van der Waals surface area contributed by atoms with Gasteiger partial charge in [-0.25, -0.2) is 0 Å². The largest absolute Gasteiger partial charge is 0.365 e. The third-order valence-corrected chi connectivity index (χ3v) is 5.78. The molecule has 4 amide bonds. The van der Waals surface area contributed by atoms with Crippen molar-refractivity contribution < 1.29 is 19.2 Å². The minimum absolute atomic E-state index is 0.126. The summed E-state index contributed by atoms with van der Waals surface area (Å²) >= 11 is 1.28. The molecular formula is C20H27N3O4S. The van der Waals surface area contributed by atoms with Crippen molar-refractivity contribution in [3.63, 3.8) is 0 Å². The number of rotatable bonds is 11. The zero-order valence-electron chi connectivity index (χ0n) is 16.3. The SMILES string of the molecule is CCCCC(CCCCC(=O)Nc1scc(C)c1C(N)=O)N1C(=O)C=CC1=O. The van der Waals surface area contributed by atoms with E-state index >= 15 is 0 Å². The van der Waals surface area contributed by atoms with Crippen LogP contribution >= 0.6 is 11.3 Å². The Morgan fingerprint density at radius 3 is 2.39 bits per heavy atom. The second-order valence-electron chi connectivity index (χ2n) is 6.96. The number of aryl methyl sites for hydroxylation is 1. The van der Waals surface area contributed by atoms with Gasteiger partial charge in [0.15, 0.2) is 0 Å². The second-order valence-corrected chi connectivity index (χ2v) is 7.84. The number of hydrogen-bond acceptors (Lipinski definition) is 5. The number of nitrogens with zero attached hydrogens (tertiary/aromatic N) is 1. The van der Waals surface area contributed by atoms with Gasteiger partial charge in [-0.15, -0.1) is 11.3 Å². The number of amides is 4. The first-order valence-electron chi connectivity index (χ1n) is 9.58. The van der Waals surface area contributed by atoms with E-state index in [4.69, 9.17) is 5.73 Å². The summed E-state index contributed by atoms with van der Waals surface area (Å²) in [5, 5.41) is 5.02. The second kappa shape index (κ2) is 10.2. The first kappa shape index (κ1) is 21.8.